The fourth-order valence-electron chi connectivity index (χ4n) is 4.77. The lowest BCUT2D eigenvalue weighted by Gasteiger charge is -2.60. The molecule has 0 amide bonds. The molecule has 3 rings (SSSR count). The van der Waals surface area contributed by atoms with E-state index in [1.807, 2.05) is 0 Å². The average Bonchev–Trinajstić information content (AvgIpc) is 2.77. The summed E-state index contributed by atoms with van der Waals surface area (Å²) in [6, 6.07) is 0. The Morgan fingerprint density at radius 1 is 0.688 bits per heavy atom. The lowest BCUT2D eigenvalue weighted by molar-refractivity contribution is -0.390. The van der Waals surface area contributed by atoms with Gasteiger partial charge in [0.2, 0.25) is 0 Å². The van der Waals surface area contributed by atoms with Crippen LogP contribution in [0.25, 0.3) is 0 Å². The fourth-order valence-corrected chi connectivity index (χ4v) is 4.77. The van der Waals surface area contributed by atoms with Gasteiger partial charge in [-0.1, -0.05) is 0 Å². The molecule has 188 valence electrons. The number of rotatable bonds is 4. The Morgan fingerprint density at radius 2 is 1.22 bits per heavy atom. The van der Waals surface area contributed by atoms with Gasteiger partial charge in [0, 0.05) is 0 Å². The first kappa shape index (κ1) is 26.1. The highest BCUT2D eigenvalue weighted by molar-refractivity contribution is 5.21. The maximum absolute atomic E-state index is 11.7. The third kappa shape index (κ3) is 3.68. The normalized spacial score (nSPS) is 57.4. The Balaban J connectivity index is 2.10. The highest BCUT2D eigenvalue weighted by Crippen LogP contribution is 2.46. The van der Waals surface area contributed by atoms with E-state index in [1.54, 1.807) is 0 Å². The molecule has 14 heteroatoms. The molecule has 14 nitrogen and oxygen atoms in total. The summed E-state index contributed by atoms with van der Waals surface area (Å²) in [4.78, 5) is 0. The van der Waals surface area contributed by atoms with Crippen LogP contribution in [-0.2, 0) is 14.2 Å². The van der Waals surface area contributed by atoms with E-state index < -0.39 is 104 Å². The van der Waals surface area contributed by atoms with Crippen molar-refractivity contribution in [2.45, 2.75) is 91.4 Å². The van der Waals surface area contributed by atoms with E-state index in [0.29, 0.717) is 0 Å². The van der Waals surface area contributed by atoms with Crippen LogP contribution in [0.15, 0.2) is 0 Å². The summed E-state index contributed by atoms with van der Waals surface area (Å²) in [5.41, 5.74) is -5.92. The minimum atomic E-state index is -3.06. The van der Waals surface area contributed by atoms with Gasteiger partial charge in [-0.2, -0.15) is 0 Å². The summed E-state index contributed by atoms with van der Waals surface area (Å²) in [7, 11) is 0. The zero-order valence-corrected chi connectivity index (χ0v) is 17.2. The molecule has 3 aliphatic heterocycles. The number of ether oxygens (including phenoxy) is 3. The Morgan fingerprint density at radius 3 is 1.78 bits per heavy atom. The van der Waals surface area contributed by atoms with Gasteiger partial charge in [0.05, 0.1) is 25.9 Å². The molecule has 14 atom stereocenters. The van der Waals surface area contributed by atoms with E-state index in [1.165, 1.54) is 6.92 Å². The SMILES string of the molecule is C[C@H]1OC([C@]2(O)CO[C@H](CO)[C@@H](O)[C@@]2(O)[C@H]2O[C@@H](CO)[C@H](O)[C@@H](O)[C@@H]2O)[C@H](O)[C@@H](O)[C@@H]1O. The molecule has 3 saturated heterocycles. The highest BCUT2D eigenvalue weighted by atomic mass is 16.6. The first-order valence-corrected chi connectivity index (χ1v) is 10.2. The Bertz CT molecular complexity index is 651. The largest absolute Gasteiger partial charge is 0.394 e. The summed E-state index contributed by atoms with van der Waals surface area (Å²) in [5, 5.41) is 115. The summed E-state index contributed by atoms with van der Waals surface area (Å²) < 4.78 is 16.0. The van der Waals surface area contributed by atoms with Crippen molar-refractivity contribution in [2.24, 2.45) is 0 Å². The molecule has 0 saturated carbocycles. The van der Waals surface area contributed by atoms with Gasteiger partial charge in [-0.3, -0.25) is 0 Å². The second-order valence-electron chi connectivity index (χ2n) is 8.71. The molecule has 3 aliphatic rings. The van der Waals surface area contributed by atoms with E-state index in [9.17, 15) is 56.2 Å². The maximum Gasteiger partial charge on any atom is 0.155 e. The first-order chi connectivity index (χ1) is 14.9. The second kappa shape index (κ2) is 9.24. The van der Waals surface area contributed by atoms with Crippen molar-refractivity contribution < 1.29 is 70.4 Å². The summed E-state index contributed by atoms with van der Waals surface area (Å²) >= 11 is 0. The zero-order valence-electron chi connectivity index (χ0n) is 17.2. The van der Waals surface area contributed by atoms with Crippen molar-refractivity contribution in [1.29, 1.82) is 0 Å². The molecule has 0 radical (unpaired) electrons. The minimum Gasteiger partial charge on any atom is -0.394 e. The molecule has 32 heavy (non-hydrogen) atoms. The zero-order chi connectivity index (χ0) is 24.2. The van der Waals surface area contributed by atoms with Crippen LogP contribution < -0.4 is 0 Å². The van der Waals surface area contributed by atoms with E-state index in [4.69, 9.17) is 14.2 Å². The molecule has 0 aliphatic carbocycles. The number of hydrogen-bond donors (Lipinski definition) is 11. The summed E-state index contributed by atoms with van der Waals surface area (Å²) in [6.07, 6.45) is -21.9. The molecule has 11 N–H and O–H groups in total. The van der Waals surface area contributed by atoms with E-state index >= 15 is 0 Å². The standard InChI is InChI=1S/C18H32O14/c1-5-8(21)10(23)12(25)15(31-5)17(28)4-30-7(3-20)14(27)18(17,29)16-13(26)11(24)9(22)6(2-19)32-16/h5-16,19-29H,2-4H2,1H3/t5-,6+,7-,8-,9+,10+,11-,12-,13+,14-,15?,16+,17-,18-/m1/s1. The van der Waals surface area contributed by atoms with Crippen molar-refractivity contribution >= 4 is 0 Å². The van der Waals surface area contributed by atoms with Gasteiger partial charge in [0.25, 0.3) is 0 Å². The molecule has 3 heterocycles. The van der Waals surface area contributed by atoms with Crippen molar-refractivity contribution in [3.63, 3.8) is 0 Å². The number of aliphatic hydroxyl groups is 11. The lowest BCUT2D eigenvalue weighted by atomic mass is 9.64. The fraction of sp³-hybridized carbons (Fsp3) is 1.00. The van der Waals surface area contributed by atoms with Crippen LogP contribution >= 0.6 is 0 Å². The van der Waals surface area contributed by atoms with Crippen LogP contribution in [0.1, 0.15) is 6.92 Å². The van der Waals surface area contributed by atoms with Crippen molar-refractivity contribution in [2.75, 3.05) is 19.8 Å². The molecule has 0 aromatic carbocycles. The van der Waals surface area contributed by atoms with Crippen LogP contribution in [0, 0.1) is 0 Å². The van der Waals surface area contributed by atoms with Gasteiger partial charge < -0.3 is 70.4 Å². The quantitative estimate of drug-likeness (QED) is 0.182. The Labute approximate surface area is 182 Å². The van der Waals surface area contributed by atoms with Crippen LogP contribution in [-0.4, -0.2) is 160 Å². The molecule has 1 unspecified atom stereocenters. The second-order valence-corrected chi connectivity index (χ2v) is 8.71. The highest BCUT2D eigenvalue weighted by Gasteiger charge is 2.72. The van der Waals surface area contributed by atoms with Crippen molar-refractivity contribution in [3.05, 3.63) is 0 Å². The monoisotopic (exact) mass is 472 g/mol. The first-order valence-electron chi connectivity index (χ1n) is 10.2. The molecular weight excluding hydrogens is 440 g/mol. The molecular formula is C18H32O14. The van der Waals surface area contributed by atoms with Gasteiger partial charge in [-0.05, 0) is 6.92 Å². The lowest BCUT2D eigenvalue weighted by Crippen LogP contribution is -2.84. The third-order valence-corrected chi connectivity index (χ3v) is 6.84. The van der Waals surface area contributed by atoms with Crippen LogP contribution in [0.4, 0.5) is 0 Å². The predicted molar refractivity (Wildman–Crippen MR) is 98.9 cm³/mol. The van der Waals surface area contributed by atoms with Gasteiger partial charge in [0.15, 0.2) is 11.2 Å². The van der Waals surface area contributed by atoms with Gasteiger partial charge in [-0.25, -0.2) is 0 Å². The smallest absolute Gasteiger partial charge is 0.155 e. The van der Waals surface area contributed by atoms with Crippen LogP contribution in [0.3, 0.4) is 0 Å². The minimum absolute atomic E-state index is 0.858. The summed E-state index contributed by atoms with van der Waals surface area (Å²) in [6.45, 7) is -1.35. The topological polar surface area (TPSA) is 250 Å². The predicted octanol–water partition coefficient (Wildman–Crippen LogP) is -7.09. The third-order valence-electron chi connectivity index (χ3n) is 6.84. The van der Waals surface area contributed by atoms with Crippen LogP contribution in [0.5, 0.6) is 0 Å². The maximum atomic E-state index is 11.7. The molecule has 0 aromatic rings. The van der Waals surface area contributed by atoms with Gasteiger partial charge in [0.1, 0.15) is 67.1 Å². The molecule has 0 spiro atoms. The van der Waals surface area contributed by atoms with E-state index in [-0.39, 0.29) is 0 Å². The van der Waals surface area contributed by atoms with E-state index in [2.05, 4.69) is 0 Å². The number of aliphatic hydroxyl groups excluding tert-OH is 9. The molecule has 0 aromatic heterocycles. The van der Waals surface area contributed by atoms with E-state index in [0.717, 1.165) is 0 Å². The van der Waals surface area contributed by atoms with Gasteiger partial charge in [-0.15, -0.1) is 0 Å². The summed E-state index contributed by atoms with van der Waals surface area (Å²) in [5.74, 6) is 0. The van der Waals surface area contributed by atoms with Crippen molar-refractivity contribution in [1.82, 2.24) is 0 Å². The van der Waals surface area contributed by atoms with Crippen molar-refractivity contribution in [3.8, 4) is 0 Å². The molecule has 0 bridgehead atoms. The average molecular weight is 472 g/mol. The Kier molecular flexibility index (Phi) is 7.52. The molecule has 3 fully saturated rings. The van der Waals surface area contributed by atoms with Gasteiger partial charge >= 0.3 is 0 Å². The Hall–Kier alpha value is -0.560. The number of hydrogen-bond acceptors (Lipinski definition) is 14. The van der Waals surface area contributed by atoms with Crippen LogP contribution in [0.2, 0.25) is 0 Å².